The quantitative estimate of drug-likeness (QED) is 0.121. The van der Waals surface area contributed by atoms with Crippen LogP contribution in [-0.4, -0.2) is 0 Å². The van der Waals surface area contributed by atoms with Crippen molar-refractivity contribution in [1.29, 1.82) is 0 Å². The van der Waals surface area contributed by atoms with Crippen molar-refractivity contribution in [3.05, 3.63) is 250 Å². The molecule has 0 spiro atoms. The van der Waals surface area contributed by atoms with Crippen LogP contribution in [0.3, 0.4) is 0 Å². The molecule has 0 bridgehead atoms. The minimum atomic E-state index is 0.656. The summed E-state index contributed by atoms with van der Waals surface area (Å²) in [6.45, 7) is 0. The lowest BCUT2D eigenvalue weighted by Gasteiger charge is -2.00. The van der Waals surface area contributed by atoms with Crippen LogP contribution in [0.1, 0.15) is 33.4 Å². The lowest BCUT2D eigenvalue weighted by atomic mass is 10.0. The highest BCUT2D eigenvalue weighted by Crippen LogP contribution is 2.20. The number of allylic oxidation sites excluding steroid dienone is 6. The summed E-state index contributed by atoms with van der Waals surface area (Å²) in [4.78, 5) is 0. The standard InChI is InChI=1S/C54H30/c1-7-19-43(20-8-1)49-31-33-50(44-21-9-2-10-22-44)35-37-52(46-25-13-4-14-26-46)39-41-54(48-29-17-6-18-30-48)42-40-53(47-27-15-5-16-28-47)38-36-51(34-32-49)45-23-11-3-12-24-45/h1-30H. The second-order valence-corrected chi connectivity index (χ2v) is 11.9. The van der Waals surface area contributed by atoms with Crippen LogP contribution >= 0.6 is 0 Å². The molecule has 54 heavy (non-hydrogen) atoms. The van der Waals surface area contributed by atoms with Crippen molar-refractivity contribution in [2.24, 2.45) is 0 Å². The fraction of sp³-hybridized carbons (Fsp3) is 0. The highest BCUT2D eigenvalue weighted by molar-refractivity contribution is 5.91. The fourth-order valence-electron chi connectivity index (χ4n) is 5.43. The van der Waals surface area contributed by atoms with Gasteiger partial charge in [-0.05, 0) is 33.4 Å². The molecule has 6 aromatic carbocycles. The van der Waals surface area contributed by atoms with Gasteiger partial charge in [0.2, 0.25) is 0 Å². The Balaban J connectivity index is 1.65. The van der Waals surface area contributed by atoms with Crippen LogP contribution in [0.25, 0.3) is 33.4 Å². The molecule has 0 saturated carbocycles. The van der Waals surface area contributed by atoms with Crippen LogP contribution in [-0.2, 0) is 0 Å². The van der Waals surface area contributed by atoms with E-state index in [0.717, 1.165) is 33.4 Å². The van der Waals surface area contributed by atoms with Crippen molar-refractivity contribution in [2.45, 2.75) is 0 Å². The minimum absolute atomic E-state index is 0.656. The first-order valence-electron chi connectivity index (χ1n) is 17.5. The van der Waals surface area contributed by atoms with Gasteiger partial charge < -0.3 is 0 Å². The Morgan fingerprint density at radius 1 is 0.167 bits per heavy atom. The molecule has 7 rings (SSSR count). The first-order valence-corrected chi connectivity index (χ1v) is 17.5. The molecule has 0 radical (unpaired) electrons. The topological polar surface area (TPSA) is 0 Å². The van der Waals surface area contributed by atoms with E-state index in [4.69, 9.17) is 0 Å². The molecule has 6 aromatic rings. The van der Waals surface area contributed by atoms with Crippen molar-refractivity contribution in [1.82, 2.24) is 0 Å². The molecule has 0 aromatic heterocycles. The minimum Gasteiger partial charge on any atom is -0.0622 e. The number of hydrogen-bond donors (Lipinski definition) is 0. The Morgan fingerprint density at radius 3 is 0.426 bits per heavy atom. The lowest BCUT2D eigenvalue weighted by Crippen LogP contribution is -1.84. The number of hydrogen-bond acceptors (Lipinski definition) is 0. The molecule has 1 aliphatic carbocycles. The molecule has 0 nitrogen and oxygen atoms in total. The van der Waals surface area contributed by atoms with Gasteiger partial charge in [-0.25, -0.2) is 0 Å². The van der Waals surface area contributed by atoms with E-state index in [1.807, 2.05) is 182 Å². The Morgan fingerprint density at radius 2 is 0.296 bits per heavy atom. The molecule has 0 heterocycles. The molecular formula is C54H30. The van der Waals surface area contributed by atoms with Gasteiger partial charge in [-0.2, -0.15) is 0 Å². The summed E-state index contributed by atoms with van der Waals surface area (Å²) in [5.74, 6) is 20.4. The lowest BCUT2D eigenvalue weighted by molar-refractivity contribution is 1.62. The van der Waals surface area contributed by atoms with Gasteiger partial charge in [0.25, 0.3) is 0 Å². The maximum Gasteiger partial charge on any atom is 0.0824 e. The van der Waals surface area contributed by atoms with Gasteiger partial charge in [0.1, 0.15) is 0 Å². The predicted molar refractivity (Wildman–Crippen MR) is 223 cm³/mol. The zero-order valence-corrected chi connectivity index (χ0v) is 29.3. The molecule has 1 aliphatic rings. The van der Waals surface area contributed by atoms with Gasteiger partial charge in [0.05, 0.1) is 33.4 Å². The summed E-state index contributed by atoms with van der Waals surface area (Å²) < 4.78 is 0. The van der Waals surface area contributed by atoms with Crippen LogP contribution in [0.4, 0.5) is 0 Å². The normalized spacial score (nSPS) is 12.2. The van der Waals surface area contributed by atoms with Crippen LogP contribution in [0, 0.1) is 35.5 Å². The molecule has 0 aliphatic heterocycles. The zero-order valence-electron chi connectivity index (χ0n) is 29.3. The third-order valence-corrected chi connectivity index (χ3v) is 8.25. The van der Waals surface area contributed by atoms with Crippen LogP contribution in [0.15, 0.2) is 216 Å². The monoisotopic (exact) mass is 678 g/mol. The van der Waals surface area contributed by atoms with Gasteiger partial charge in [0.15, 0.2) is 0 Å². The van der Waals surface area contributed by atoms with E-state index in [2.05, 4.69) is 69.9 Å². The zero-order chi connectivity index (χ0) is 36.6. The summed E-state index contributed by atoms with van der Waals surface area (Å²) in [6.07, 6.45) is 0. The first-order chi connectivity index (χ1) is 26.8. The summed E-state index contributed by atoms with van der Waals surface area (Å²) >= 11 is 0. The van der Waals surface area contributed by atoms with Crippen molar-refractivity contribution < 1.29 is 0 Å². The maximum atomic E-state index is 3.39. The van der Waals surface area contributed by atoms with Gasteiger partial charge in [0, 0.05) is 0 Å². The van der Waals surface area contributed by atoms with E-state index in [0.29, 0.717) is 33.4 Å². The number of benzene rings is 6. The summed E-state index contributed by atoms with van der Waals surface area (Å²) in [5.41, 5.74) is 29.7. The predicted octanol–water partition coefficient (Wildman–Crippen LogP) is 11.8. The summed E-state index contributed by atoms with van der Waals surface area (Å²) in [6, 6.07) is 59.9. The molecule has 246 valence electrons. The Labute approximate surface area is 317 Å². The highest BCUT2D eigenvalue weighted by Gasteiger charge is 2.04. The SMILES string of the molecule is C1=C=C(c2ccccc2)C#CC(c2ccccc2)=C=C=C(c2ccccc2)C#CC(c2ccccc2)=C=C=C(c2ccccc2)C#CC=1c1ccccc1. The Bertz CT molecular complexity index is 2310. The molecular weight excluding hydrogens is 649 g/mol. The van der Waals surface area contributed by atoms with E-state index in [1.54, 1.807) is 0 Å². The van der Waals surface area contributed by atoms with E-state index >= 15 is 0 Å². The Hall–Kier alpha value is -8.10. The van der Waals surface area contributed by atoms with E-state index in [1.165, 1.54) is 0 Å². The largest absolute Gasteiger partial charge is 0.0824 e. The van der Waals surface area contributed by atoms with Crippen molar-refractivity contribution in [2.75, 3.05) is 0 Å². The van der Waals surface area contributed by atoms with Gasteiger partial charge in [-0.15, -0.1) is 0 Å². The Kier molecular flexibility index (Phi) is 11.3. The number of rotatable bonds is 6. The van der Waals surface area contributed by atoms with Gasteiger partial charge >= 0.3 is 0 Å². The van der Waals surface area contributed by atoms with Crippen LogP contribution in [0.2, 0.25) is 0 Å². The van der Waals surface area contributed by atoms with Crippen molar-refractivity contribution in [3.63, 3.8) is 0 Å². The maximum absolute atomic E-state index is 3.39. The third kappa shape index (κ3) is 9.16. The fourth-order valence-corrected chi connectivity index (χ4v) is 5.43. The molecule has 0 amide bonds. The smallest absolute Gasteiger partial charge is 0.0622 e. The van der Waals surface area contributed by atoms with E-state index < -0.39 is 0 Å². The average molecular weight is 679 g/mol. The van der Waals surface area contributed by atoms with Gasteiger partial charge in [-0.3, -0.25) is 0 Å². The second-order valence-electron chi connectivity index (χ2n) is 11.9. The van der Waals surface area contributed by atoms with Crippen LogP contribution < -0.4 is 0 Å². The summed E-state index contributed by atoms with van der Waals surface area (Å²) in [7, 11) is 0. The summed E-state index contributed by atoms with van der Waals surface area (Å²) in [5, 5.41) is 0. The van der Waals surface area contributed by atoms with E-state index in [-0.39, 0.29) is 0 Å². The molecule has 0 N–H and O–H groups in total. The van der Waals surface area contributed by atoms with Crippen LogP contribution in [0.5, 0.6) is 0 Å². The molecule has 0 heteroatoms. The van der Waals surface area contributed by atoms with E-state index in [9.17, 15) is 0 Å². The van der Waals surface area contributed by atoms with Gasteiger partial charge in [-0.1, -0.05) is 252 Å². The third-order valence-electron chi connectivity index (χ3n) is 8.25. The molecule has 0 saturated heterocycles. The molecule has 0 unspecified atom stereocenters. The molecule has 0 fully saturated rings. The first kappa shape index (κ1) is 34.4. The second kappa shape index (κ2) is 17.7. The van der Waals surface area contributed by atoms with Crippen molar-refractivity contribution in [3.8, 4) is 35.5 Å². The van der Waals surface area contributed by atoms with Crippen molar-refractivity contribution >= 4 is 33.4 Å². The average Bonchev–Trinajstić information content (AvgIpc) is 3.25. The molecule has 0 atom stereocenters. The highest BCUT2D eigenvalue weighted by atomic mass is 14.0.